The summed E-state index contributed by atoms with van der Waals surface area (Å²) < 4.78 is 0. The molecule has 26 heavy (non-hydrogen) atoms. The first-order valence-electron chi connectivity index (χ1n) is 9.15. The third-order valence-electron chi connectivity index (χ3n) is 5.09. The molecule has 2 aromatic rings. The van der Waals surface area contributed by atoms with Crippen LogP contribution in [0.5, 0.6) is 0 Å². The van der Waals surface area contributed by atoms with E-state index in [0.717, 1.165) is 16.9 Å². The fourth-order valence-electron chi connectivity index (χ4n) is 3.37. The maximum atomic E-state index is 12.7. The Bertz CT molecular complexity index is 861. The van der Waals surface area contributed by atoms with Gasteiger partial charge >= 0.3 is 0 Å². The minimum Gasteiger partial charge on any atom is -0.361 e. The lowest BCUT2D eigenvalue weighted by molar-refractivity contribution is -0.118. The molecule has 3 heteroatoms. The van der Waals surface area contributed by atoms with Crippen LogP contribution in [0.25, 0.3) is 10.8 Å². The zero-order valence-electron chi connectivity index (χ0n) is 16.3. The van der Waals surface area contributed by atoms with Crippen LogP contribution in [0.4, 0.5) is 11.4 Å². The summed E-state index contributed by atoms with van der Waals surface area (Å²) in [4.78, 5) is 12.7. The smallest absolute Gasteiger partial charge is 0.165 e. The van der Waals surface area contributed by atoms with Gasteiger partial charge in [0.15, 0.2) is 5.78 Å². The third-order valence-corrected chi connectivity index (χ3v) is 5.09. The second-order valence-electron chi connectivity index (χ2n) is 8.22. The van der Waals surface area contributed by atoms with E-state index < -0.39 is 0 Å². The number of hydrogen-bond acceptors (Lipinski definition) is 3. The number of anilines is 2. The Morgan fingerprint density at radius 1 is 1.12 bits per heavy atom. The Labute approximate surface area is 156 Å². The predicted octanol–water partition coefficient (Wildman–Crippen LogP) is 5.76. The highest BCUT2D eigenvalue weighted by Crippen LogP contribution is 2.36. The average molecular weight is 348 g/mol. The quantitative estimate of drug-likeness (QED) is 0.545. The topological polar surface area (TPSA) is 41.1 Å². The average Bonchev–Trinajstić information content (AvgIpc) is 2.59. The molecule has 0 bridgehead atoms. The molecule has 2 N–H and O–H groups in total. The summed E-state index contributed by atoms with van der Waals surface area (Å²) in [6, 6.07) is 12.6. The fourth-order valence-corrected chi connectivity index (χ4v) is 3.37. The number of hydrogen-bond donors (Lipinski definition) is 2. The predicted molar refractivity (Wildman–Crippen MR) is 112 cm³/mol. The van der Waals surface area contributed by atoms with Crippen LogP contribution in [0, 0.1) is 11.3 Å². The van der Waals surface area contributed by atoms with Gasteiger partial charge in [-0.1, -0.05) is 64.6 Å². The maximum absolute atomic E-state index is 12.7. The lowest BCUT2D eigenvalue weighted by Crippen LogP contribution is -2.33. The zero-order valence-corrected chi connectivity index (χ0v) is 16.3. The molecule has 3 rings (SSSR count). The number of carbonyl (C=O) groups excluding carboxylic acids is 1. The minimum atomic E-state index is -0.205. The summed E-state index contributed by atoms with van der Waals surface area (Å²) in [6.07, 6.45) is 2.01. The molecule has 0 aromatic heterocycles. The maximum Gasteiger partial charge on any atom is 0.165 e. The normalized spacial score (nSPS) is 16.0. The Kier molecular flexibility index (Phi) is 4.66. The highest BCUT2D eigenvalue weighted by molar-refractivity contribution is 6.05. The van der Waals surface area contributed by atoms with Crippen molar-refractivity contribution in [3.8, 4) is 0 Å². The molecule has 1 aliphatic rings. The van der Waals surface area contributed by atoms with Gasteiger partial charge in [0.25, 0.3) is 0 Å². The fraction of sp³-hybridized carbons (Fsp3) is 0.348. The van der Waals surface area contributed by atoms with E-state index in [9.17, 15) is 4.79 Å². The summed E-state index contributed by atoms with van der Waals surface area (Å²) in [5, 5.41) is 9.53. The van der Waals surface area contributed by atoms with Crippen molar-refractivity contribution in [2.75, 3.05) is 10.6 Å². The van der Waals surface area contributed by atoms with E-state index in [1.54, 1.807) is 0 Å². The summed E-state index contributed by atoms with van der Waals surface area (Å²) in [5.74, 6) is -0.0894. The van der Waals surface area contributed by atoms with Gasteiger partial charge in [-0.3, -0.25) is 4.79 Å². The first-order chi connectivity index (χ1) is 12.2. The Balaban J connectivity index is 1.83. The second-order valence-corrected chi connectivity index (χ2v) is 8.22. The van der Waals surface area contributed by atoms with Gasteiger partial charge in [0, 0.05) is 22.7 Å². The molecule has 1 aliphatic heterocycles. The van der Waals surface area contributed by atoms with Gasteiger partial charge in [-0.15, -0.1) is 0 Å². The lowest BCUT2D eigenvalue weighted by atomic mass is 9.81. The molecule has 136 valence electrons. The zero-order chi connectivity index (χ0) is 19.1. The van der Waals surface area contributed by atoms with Crippen molar-refractivity contribution in [2.24, 2.45) is 11.3 Å². The highest BCUT2D eigenvalue weighted by Gasteiger charge is 2.26. The molecule has 2 aromatic carbocycles. The van der Waals surface area contributed by atoms with Gasteiger partial charge in [-0.05, 0) is 41.0 Å². The van der Waals surface area contributed by atoms with Crippen molar-refractivity contribution in [3.63, 3.8) is 0 Å². The van der Waals surface area contributed by atoms with Crippen LogP contribution in [0.3, 0.4) is 0 Å². The molecule has 0 amide bonds. The van der Waals surface area contributed by atoms with Gasteiger partial charge in [0.2, 0.25) is 0 Å². The number of rotatable bonds is 4. The molecule has 1 unspecified atom stereocenters. The number of ketones is 1. The van der Waals surface area contributed by atoms with Gasteiger partial charge in [-0.25, -0.2) is 0 Å². The summed E-state index contributed by atoms with van der Waals surface area (Å²) in [5.41, 5.74) is 3.80. The largest absolute Gasteiger partial charge is 0.361 e. The molecule has 1 atom stereocenters. The van der Waals surface area contributed by atoms with E-state index in [4.69, 9.17) is 0 Å². The van der Waals surface area contributed by atoms with Crippen molar-refractivity contribution in [2.45, 2.75) is 40.8 Å². The van der Waals surface area contributed by atoms with E-state index >= 15 is 0 Å². The van der Waals surface area contributed by atoms with Crippen molar-refractivity contribution < 1.29 is 4.79 Å². The standard InChI is InChI=1S/C23H28N2O/c1-14(21(26)16(3)23(4,5)6)13-15(2)22-24-18-11-7-9-17-10-8-12-19(25-22)20(17)18/h7-14,22,24-25H,3H2,1-2,4-6H3/b15-13+. The molecule has 0 radical (unpaired) electrons. The van der Waals surface area contributed by atoms with E-state index in [-0.39, 0.29) is 23.3 Å². The molecule has 0 fully saturated rings. The molecule has 3 nitrogen and oxygen atoms in total. The van der Waals surface area contributed by atoms with Crippen molar-refractivity contribution >= 4 is 27.9 Å². The first-order valence-corrected chi connectivity index (χ1v) is 9.15. The SMILES string of the molecule is C=C(C(=O)C(C)/C=C(\C)C1Nc2cccc3cccc(c23)N1)C(C)(C)C. The summed E-state index contributed by atoms with van der Waals surface area (Å²) in [6.45, 7) is 14.1. The van der Waals surface area contributed by atoms with E-state index in [1.807, 2.05) is 33.8 Å². The number of carbonyl (C=O) groups is 1. The number of Topliss-reactive ketones (excluding diaryl/α,β-unsaturated/α-hetero) is 1. The monoisotopic (exact) mass is 348 g/mol. The Morgan fingerprint density at radius 3 is 2.15 bits per heavy atom. The van der Waals surface area contributed by atoms with Crippen LogP contribution in [0.15, 0.2) is 60.2 Å². The molecule has 1 heterocycles. The summed E-state index contributed by atoms with van der Waals surface area (Å²) >= 11 is 0. The molecule has 0 spiro atoms. The molecular formula is C23H28N2O. The van der Waals surface area contributed by atoms with E-state index in [2.05, 4.69) is 60.5 Å². The van der Waals surface area contributed by atoms with Crippen LogP contribution in [-0.2, 0) is 4.79 Å². The highest BCUT2D eigenvalue weighted by atomic mass is 16.1. The first kappa shape index (κ1) is 18.2. The number of benzene rings is 2. The lowest BCUT2D eigenvalue weighted by Gasteiger charge is -2.30. The van der Waals surface area contributed by atoms with Crippen LogP contribution in [0.2, 0.25) is 0 Å². The van der Waals surface area contributed by atoms with E-state index in [1.165, 1.54) is 10.8 Å². The van der Waals surface area contributed by atoms with Crippen molar-refractivity contribution in [3.05, 3.63) is 60.2 Å². The van der Waals surface area contributed by atoms with Crippen LogP contribution < -0.4 is 10.6 Å². The molecular weight excluding hydrogens is 320 g/mol. The summed E-state index contributed by atoms with van der Waals surface area (Å²) in [7, 11) is 0. The van der Waals surface area contributed by atoms with Gasteiger partial charge < -0.3 is 10.6 Å². The Morgan fingerprint density at radius 2 is 1.65 bits per heavy atom. The minimum absolute atomic E-state index is 0.0337. The Hall–Kier alpha value is -2.55. The third kappa shape index (κ3) is 3.39. The second kappa shape index (κ2) is 6.64. The van der Waals surface area contributed by atoms with Crippen LogP contribution in [0.1, 0.15) is 34.6 Å². The van der Waals surface area contributed by atoms with E-state index in [0.29, 0.717) is 5.57 Å². The van der Waals surface area contributed by atoms with Gasteiger partial charge in [-0.2, -0.15) is 0 Å². The van der Waals surface area contributed by atoms with Crippen molar-refractivity contribution in [1.82, 2.24) is 0 Å². The van der Waals surface area contributed by atoms with Gasteiger partial charge in [0.05, 0.1) is 0 Å². The van der Waals surface area contributed by atoms with Crippen LogP contribution in [-0.4, -0.2) is 11.9 Å². The molecule has 0 aliphatic carbocycles. The number of nitrogens with one attached hydrogen (secondary N) is 2. The van der Waals surface area contributed by atoms with Crippen LogP contribution >= 0.6 is 0 Å². The number of allylic oxidation sites excluding steroid dienone is 2. The molecule has 0 saturated heterocycles. The van der Waals surface area contributed by atoms with Gasteiger partial charge in [0.1, 0.15) is 6.17 Å². The van der Waals surface area contributed by atoms with Crippen molar-refractivity contribution in [1.29, 1.82) is 0 Å². The molecule has 0 saturated carbocycles.